The highest BCUT2D eigenvalue weighted by Gasteiger charge is 2.48. The number of aliphatic carboxylic acids is 1. The number of halogens is 5. The highest BCUT2D eigenvalue weighted by Crippen LogP contribution is 2.38. The molecule has 1 aliphatic heterocycles. The third kappa shape index (κ3) is 2.59. The molecular formula is C12H7F5O3. The number of hydrogen-bond donors (Lipinski definition) is 1. The second kappa shape index (κ2) is 4.77. The summed E-state index contributed by atoms with van der Waals surface area (Å²) in [6.07, 6.45) is -9.65. The van der Waals surface area contributed by atoms with Crippen molar-refractivity contribution in [1.29, 1.82) is 0 Å². The van der Waals surface area contributed by atoms with Crippen molar-refractivity contribution in [3.63, 3.8) is 0 Å². The summed E-state index contributed by atoms with van der Waals surface area (Å²) in [6, 6.07) is 2.79. The largest absolute Gasteiger partial charge is 0.478 e. The fourth-order valence-electron chi connectivity index (χ4n) is 1.77. The van der Waals surface area contributed by atoms with Gasteiger partial charge in [-0.15, -0.1) is 0 Å². The van der Waals surface area contributed by atoms with Crippen molar-refractivity contribution < 1.29 is 36.6 Å². The van der Waals surface area contributed by atoms with Gasteiger partial charge in [0.05, 0.1) is 5.57 Å². The SMILES string of the molecule is O=C(O)C1=Cc2cc(C(F)F)ccc2O[C@@H]1C(F)(F)F. The van der Waals surface area contributed by atoms with Crippen LogP contribution in [0.3, 0.4) is 0 Å². The van der Waals surface area contributed by atoms with E-state index in [0.717, 1.165) is 18.2 Å². The van der Waals surface area contributed by atoms with Crippen LogP contribution in [0.2, 0.25) is 0 Å². The molecule has 0 saturated heterocycles. The average molecular weight is 294 g/mol. The molecule has 0 amide bonds. The standard InChI is InChI=1S/C12H7F5O3/c13-10(14)5-1-2-8-6(3-5)4-7(11(18)19)9(20-8)12(15,16)17/h1-4,9-10H,(H,18,19)/t9-/m0/s1. The zero-order valence-electron chi connectivity index (χ0n) is 9.62. The summed E-state index contributed by atoms with van der Waals surface area (Å²) in [5.74, 6) is -2.11. The van der Waals surface area contributed by atoms with Crippen molar-refractivity contribution >= 4 is 12.0 Å². The van der Waals surface area contributed by atoms with Gasteiger partial charge in [0.15, 0.2) is 0 Å². The molecule has 1 aromatic carbocycles. The van der Waals surface area contributed by atoms with Crippen LogP contribution in [0.15, 0.2) is 23.8 Å². The van der Waals surface area contributed by atoms with E-state index < -0.39 is 35.8 Å². The lowest BCUT2D eigenvalue weighted by atomic mass is 10.00. The predicted molar refractivity (Wildman–Crippen MR) is 57.5 cm³/mol. The molecule has 0 unspecified atom stereocenters. The number of carbonyl (C=O) groups is 1. The number of carboxylic acid groups (broad SMARTS) is 1. The van der Waals surface area contributed by atoms with Crippen LogP contribution in [0, 0.1) is 0 Å². The van der Waals surface area contributed by atoms with Crippen LogP contribution in [-0.2, 0) is 4.79 Å². The minimum atomic E-state index is -4.91. The smallest absolute Gasteiger partial charge is 0.430 e. The number of alkyl halides is 5. The van der Waals surface area contributed by atoms with Gasteiger partial charge in [-0.2, -0.15) is 13.2 Å². The first-order valence-electron chi connectivity index (χ1n) is 5.30. The first-order chi connectivity index (χ1) is 9.20. The second-order valence-corrected chi connectivity index (χ2v) is 4.04. The number of rotatable bonds is 2. The molecule has 1 heterocycles. The number of fused-ring (bicyclic) bond motifs is 1. The molecule has 0 spiro atoms. The molecule has 3 nitrogen and oxygen atoms in total. The quantitative estimate of drug-likeness (QED) is 0.850. The number of benzene rings is 1. The summed E-state index contributed by atoms with van der Waals surface area (Å²) in [5.41, 5.74) is -1.60. The van der Waals surface area contributed by atoms with Gasteiger partial charge in [-0.1, -0.05) is 0 Å². The van der Waals surface area contributed by atoms with Gasteiger partial charge >= 0.3 is 12.1 Å². The van der Waals surface area contributed by atoms with E-state index in [1.807, 2.05) is 0 Å². The van der Waals surface area contributed by atoms with Gasteiger partial charge in [0.1, 0.15) is 5.75 Å². The van der Waals surface area contributed by atoms with E-state index in [0.29, 0.717) is 6.08 Å². The van der Waals surface area contributed by atoms with Crippen molar-refractivity contribution in [1.82, 2.24) is 0 Å². The molecule has 0 bridgehead atoms. The zero-order chi connectivity index (χ0) is 15.1. The molecule has 8 heteroatoms. The van der Waals surface area contributed by atoms with Crippen LogP contribution < -0.4 is 4.74 Å². The molecule has 0 aliphatic carbocycles. The summed E-state index contributed by atoms with van der Waals surface area (Å²) in [5, 5.41) is 8.78. The van der Waals surface area contributed by atoms with Gasteiger partial charge in [-0.3, -0.25) is 0 Å². The zero-order valence-corrected chi connectivity index (χ0v) is 9.62. The summed E-state index contributed by atoms with van der Waals surface area (Å²) < 4.78 is 67.7. The van der Waals surface area contributed by atoms with E-state index in [-0.39, 0.29) is 11.3 Å². The van der Waals surface area contributed by atoms with E-state index in [1.165, 1.54) is 0 Å². The molecule has 0 fully saturated rings. The Balaban J connectivity index is 2.51. The molecular weight excluding hydrogens is 287 g/mol. The van der Waals surface area contributed by atoms with Crippen LogP contribution >= 0.6 is 0 Å². The van der Waals surface area contributed by atoms with Gasteiger partial charge in [-0.05, 0) is 24.3 Å². The van der Waals surface area contributed by atoms with Crippen molar-refractivity contribution in [2.24, 2.45) is 0 Å². The maximum absolute atomic E-state index is 12.7. The number of hydrogen-bond acceptors (Lipinski definition) is 2. The molecule has 2 rings (SSSR count). The minimum absolute atomic E-state index is 0.124. The molecule has 108 valence electrons. The van der Waals surface area contributed by atoms with Gasteiger partial charge in [0.2, 0.25) is 6.10 Å². The predicted octanol–water partition coefficient (Wildman–Crippen LogP) is 3.42. The molecule has 1 atom stereocenters. The van der Waals surface area contributed by atoms with Gasteiger partial charge in [0.25, 0.3) is 6.43 Å². The first kappa shape index (κ1) is 14.3. The fourth-order valence-corrected chi connectivity index (χ4v) is 1.77. The summed E-state index contributed by atoms with van der Waals surface area (Å²) in [6.45, 7) is 0. The van der Waals surface area contributed by atoms with E-state index in [2.05, 4.69) is 4.74 Å². The Morgan fingerprint density at radius 2 is 1.95 bits per heavy atom. The highest BCUT2D eigenvalue weighted by molar-refractivity contribution is 5.95. The van der Waals surface area contributed by atoms with E-state index in [9.17, 15) is 26.7 Å². The van der Waals surface area contributed by atoms with Crippen molar-refractivity contribution in [3.05, 3.63) is 34.9 Å². The van der Waals surface area contributed by atoms with Crippen molar-refractivity contribution in [2.75, 3.05) is 0 Å². The Morgan fingerprint density at radius 3 is 2.45 bits per heavy atom. The molecule has 0 radical (unpaired) electrons. The maximum Gasteiger partial charge on any atom is 0.430 e. The first-order valence-corrected chi connectivity index (χ1v) is 5.30. The Labute approximate surface area is 109 Å². The monoisotopic (exact) mass is 294 g/mol. The minimum Gasteiger partial charge on any atom is -0.478 e. The molecule has 20 heavy (non-hydrogen) atoms. The molecule has 0 saturated carbocycles. The lowest BCUT2D eigenvalue weighted by Crippen LogP contribution is -2.40. The van der Waals surface area contributed by atoms with Crippen molar-refractivity contribution in [2.45, 2.75) is 18.7 Å². The van der Waals surface area contributed by atoms with E-state index in [1.54, 1.807) is 0 Å². The van der Waals surface area contributed by atoms with E-state index >= 15 is 0 Å². The molecule has 1 aliphatic rings. The number of carboxylic acids is 1. The molecule has 0 aromatic heterocycles. The molecule has 1 aromatic rings. The average Bonchev–Trinajstić information content (AvgIpc) is 2.35. The van der Waals surface area contributed by atoms with Gasteiger partial charge in [0, 0.05) is 11.1 Å². The second-order valence-electron chi connectivity index (χ2n) is 4.04. The maximum atomic E-state index is 12.7. The topological polar surface area (TPSA) is 46.5 Å². The Hall–Kier alpha value is -2.12. The van der Waals surface area contributed by atoms with Crippen molar-refractivity contribution in [3.8, 4) is 5.75 Å². The Bertz CT molecular complexity index is 577. The van der Waals surface area contributed by atoms with Crippen LogP contribution in [0.4, 0.5) is 22.0 Å². The van der Waals surface area contributed by atoms with Gasteiger partial charge < -0.3 is 9.84 Å². The van der Waals surface area contributed by atoms with Crippen LogP contribution in [0.25, 0.3) is 6.08 Å². The summed E-state index contributed by atoms with van der Waals surface area (Å²) >= 11 is 0. The molecule has 1 N–H and O–H groups in total. The highest BCUT2D eigenvalue weighted by atomic mass is 19.4. The lowest BCUT2D eigenvalue weighted by molar-refractivity contribution is -0.187. The third-order valence-electron chi connectivity index (χ3n) is 2.67. The third-order valence-corrected chi connectivity index (χ3v) is 2.67. The lowest BCUT2D eigenvalue weighted by Gasteiger charge is -2.27. The fraction of sp³-hybridized carbons (Fsp3) is 0.250. The Kier molecular flexibility index (Phi) is 3.41. The van der Waals surface area contributed by atoms with Crippen LogP contribution in [0.1, 0.15) is 17.6 Å². The van der Waals surface area contributed by atoms with E-state index in [4.69, 9.17) is 5.11 Å². The summed E-state index contributed by atoms with van der Waals surface area (Å²) in [4.78, 5) is 10.8. The van der Waals surface area contributed by atoms with Crippen LogP contribution in [0.5, 0.6) is 5.75 Å². The Morgan fingerprint density at radius 1 is 1.30 bits per heavy atom. The normalized spacial score (nSPS) is 18.3. The van der Waals surface area contributed by atoms with Gasteiger partial charge in [-0.25, -0.2) is 13.6 Å². The summed E-state index contributed by atoms with van der Waals surface area (Å²) in [7, 11) is 0. The number of ether oxygens (including phenoxy) is 1. The van der Waals surface area contributed by atoms with Crippen LogP contribution in [-0.4, -0.2) is 23.4 Å².